The monoisotopic (exact) mass is 468 g/mol. The summed E-state index contributed by atoms with van der Waals surface area (Å²) in [4.78, 5) is 44.8. The minimum Gasteiger partial charge on any atom is -0.336 e. The molecule has 0 aliphatic carbocycles. The molecule has 0 spiro atoms. The molecule has 31 heavy (non-hydrogen) atoms. The largest absolute Gasteiger partial charge is 0.336 e. The quantitative estimate of drug-likeness (QED) is 0.448. The van der Waals surface area contributed by atoms with Gasteiger partial charge in [-0.25, -0.2) is 15.0 Å². The molecule has 2 amide bonds. The van der Waals surface area contributed by atoms with Gasteiger partial charge in [0, 0.05) is 30.2 Å². The molecule has 0 saturated heterocycles. The number of nitrogens with zero attached hydrogens (tertiary/aromatic N) is 5. The molecule has 4 heterocycles. The molecule has 11 heteroatoms. The Kier molecular flexibility index (Phi) is 5.62. The Hall–Kier alpha value is -2.89. The van der Waals surface area contributed by atoms with Crippen LogP contribution in [0.3, 0.4) is 0 Å². The van der Waals surface area contributed by atoms with Gasteiger partial charge in [0.1, 0.15) is 5.69 Å². The maximum absolute atomic E-state index is 12.7. The number of carbonyl (C=O) groups excluding carboxylic acids is 2. The normalized spacial score (nSPS) is 13.2. The molecule has 4 aromatic rings. The van der Waals surface area contributed by atoms with Gasteiger partial charge in [0.25, 0.3) is 5.91 Å². The first-order chi connectivity index (χ1) is 15.2. The van der Waals surface area contributed by atoms with Gasteiger partial charge in [0.2, 0.25) is 5.91 Å². The number of benzene rings is 1. The summed E-state index contributed by atoms with van der Waals surface area (Å²) in [5.41, 5.74) is 2.13. The van der Waals surface area contributed by atoms with Crippen LogP contribution in [0.2, 0.25) is 0 Å². The van der Waals surface area contributed by atoms with Crippen LogP contribution in [0.15, 0.2) is 47.2 Å². The van der Waals surface area contributed by atoms with Crippen molar-refractivity contribution in [3.05, 3.63) is 59.1 Å². The molecule has 0 unspecified atom stereocenters. The van der Waals surface area contributed by atoms with Crippen LogP contribution in [-0.4, -0.2) is 48.9 Å². The summed E-state index contributed by atoms with van der Waals surface area (Å²) in [5, 5.41) is 3.28. The highest BCUT2D eigenvalue weighted by atomic mass is 32.2. The Bertz CT molecular complexity index is 1220. The average Bonchev–Trinajstić information content (AvgIpc) is 3.40. The molecule has 0 bridgehead atoms. The van der Waals surface area contributed by atoms with Crippen molar-refractivity contribution in [2.45, 2.75) is 17.3 Å². The molecule has 0 saturated carbocycles. The van der Waals surface area contributed by atoms with E-state index in [2.05, 4.69) is 25.3 Å². The van der Waals surface area contributed by atoms with Crippen LogP contribution in [-0.2, 0) is 17.8 Å². The van der Waals surface area contributed by atoms with Crippen molar-refractivity contribution >= 4 is 61.6 Å². The van der Waals surface area contributed by atoms with E-state index in [1.807, 2.05) is 29.2 Å². The zero-order valence-electron chi connectivity index (χ0n) is 16.1. The van der Waals surface area contributed by atoms with Gasteiger partial charge in [-0.1, -0.05) is 35.2 Å². The zero-order chi connectivity index (χ0) is 21.2. The van der Waals surface area contributed by atoms with Crippen LogP contribution in [0.1, 0.15) is 21.1 Å². The van der Waals surface area contributed by atoms with Crippen LogP contribution >= 0.6 is 34.4 Å². The third-order valence-corrected chi connectivity index (χ3v) is 7.86. The number of aromatic nitrogens is 4. The Balaban J connectivity index is 1.20. The van der Waals surface area contributed by atoms with Gasteiger partial charge >= 0.3 is 0 Å². The maximum Gasteiger partial charge on any atom is 0.277 e. The van der Waals surface area contributed by atoms with E-state index < -0.39 is 0 Å². The number of fused-ring (bicyclic) bond motifs is 2. The standard InChI is InChI=1S/C20H16N6O2S3/c27-17(11-29-20-24-12-3-1-2-4-15(12)31-20)26-8-5-13-16(10-26)30-19(23-13)25-18(28)14-9-21-6-7-22-14/h1-4,6-7,9H,5,8,10-11H2,(H,23,25,28). The number of nitrogens with one attached hydrogen (secondary N) is 1. The predicted octanol–water partition coefficient (Wildman–Crippen LogP) is 3.47. The van der Waals surface area contributed by atoms with Crippen LogP contribution in [0.5, 0.6) is 0 Å². The Morgan fingerprint density at radius 1 is 1.16 bits per heavy atom. The van der Waals surface area contributed by atoms with Crippen LogP contribution in [0.25, 0.3) is 10.2 Å². The van der Waals surface area contributed by atoms with Crippen molar-refractivity contribution in [1.82, 2.24) is 24.8 Å². The SMILES string of the molecule is O=C(Nc1nc2c(s1)CN(C(=O)CSc1nc3ccccc3s1)CC2)c1cnccn1. The first kappa shape index (κ1) is 20.0. The molecule has 0 fully saturated rings. The average molecular weight is 469 g/mol. The van der Waals surface area contributed by atoms with E-state index in [1.54, 1.807) is 11.3 Å². The van der Waals surface area contributed by atoms with E-state index in [9.17, 15) is 9.59 Å². The van der Waals surface area contributed by atoms with Crippen molar-refractivity contribution in [3.63, 3.8) is 0 Å². The molecule has 0 atom stereocenters. The number of hydrogen-bond donors (Lipinski definition) is 1. The second-order valence-corrected chi connectivity index (χ2v) is 10.1. The van der Waals surface area contributed by atoms with Gasteiger partial charge < -0.3 is 4.90 Å². The number of para-hydroxylation sites is 1. The van der Waals surface area contributed by atoms with Gasteiger partial charge in [-0.2, -0.15) is 0 Å². The number of amides is 2. The second kappa shape index (κ2) is 8.69. The smallest absolute Gasteiger partial charge is 0.277 e. The molecule has 156 valence electrons. The molecule has 8 nitrogen and oxygen atoms in total. The van der Waals surface area contributed by atoms with Crippen LogP contribution in [0.4, 0.5) is 5.13 Å². The van der Waals surface area contributed by atoms with E-state index in [4.69, 9.17) is 0 Å². The first-order valence-corrected chi connectivity index (χ1v) is 12.1. The topological polar surface area (TPSA) is 101 Å². The summed E-state index contributed by atoms with van der Waals surface area (Å²) >= 11 is 4.47. The highest BCUT2D eigenvalue weighted by molar-refractivity contribution is 8.01. The van der Waals surface area contributed by atoms with E-state index in [-0.39, 0.29) is 17.5 Å². The molecule has 1 aliphatic heterocycles. The Morgan fingerprint density at radius 2 is 2.06 bits per heavy atom. The fraction of sp³-hybridized carbons (Fsp3) is 0.200. The van der Waals surface area contributed by atoms with Crippen molar-refractivity contribution in [3.8, 4) is 0 Å². The first-order valence-electron chi connectivity index (χ1n) is 9.48. The lowest BCUT2D eigenvalue weighted by Crippen LogP contribution is -2.36. The van der Waals surface area contributed by atoms with Gasteiger partial charge in [-0.15, -0.1) is 11.3 Å². The number of thiazole rings is 2. The third-order valence-electron chi connectivity index (χ3n) is 4.69. The highest BCUT2D eigenvalue weighted by Gasteiger charge is 2.25. The Morgan fingerprint density at radius 3 is 2.90 bits per heavy atom. The fourth-order valence-electron chi connectivity index (χ4n) is 3.17. The molecule has 0 radical (unpaired) electrons. The molecular weight excluding hydrogens is 452 g/mol. The lowest BCUT2D eigenvalue weighted by molar-refractivity contribution is -0.129. The number of rotatable bonds is 5. The molecular formula is C20H16N6O2S3. The molecule has 1 N–H and O–H groups in total. The number of anilines is 1. The van der Waals surface area contributed by atoms with Crippen molar-refractivity contribution in [2.75, 3.05) is 17.6 Å². The lowest BCUT2D eigenvalue weighted by Gasteiger charge is -2.25. The van der Waals surface area contributed by atoms with E-state index >= 15 is 0 Å². The molecule has 1 aromatic carbocycles. The van der Waals surface area contributed by atoms with Gasteiger partial charge in [0.15, 0.2) is 9.47 Å². The summed E-state index contributed by atoms with van der Waals surface area (Å²) in [6.07, 6.45) is 5.06. The van der Waals surface area contributed by atoms with Gasteiger partial charge in [-0.3, -0.25) is 19.9 Å². The Labute approximate surface area is 189 Å². The maximum atomic E-state index is 12.7. The van der Waals surface area contributed by atoms with Gasteiger partial charge in [-0.05, 0) is 12.1 Å². The summed E-state index contributed by atoms with van der Waals surface area (Å²) in [6.45, 7) is 1.13. The molecule has 3 aromatic heterocycles. The molecule has 5 rings (SSSR count). The summed E-state index contributed by atoms with van der Waals surface area (Å²) in [7, 11) is 0. The van der Waals surface area contributed by atoms with Gasteiger partial charge in [0.05, 0.1) is 34.4 Å². The number of carbonyl (C=O) groups is 2. The summed E-state index contributed by atoms with van der Waals surface area (Å²) in [5.74, 6) is 0.0809. The minimum atomic E-state index is -0.348. The molecule has 1 aliphatic rings. The second-order valence-electron chi connectivity index (χ2n) is 6.74. The van der Waals surface area contributed by atoms with Crippen molar-refractivity contribution < 1.29 is 9.59 Å². The van der Waals surface area contributed by atoms with Crippen LogP contribution < -0.4 is 5.32 Å². The fourth-order valence-corrected chi connectivity index (χ4v) is 6.16. The predicted molar refractivity (Wildman–Crippen MR) is 122 cm³/mol. The van der Waals surface area contributed by atoms with Crippen molar-refractivity contribution in [1.29, 1.82) is 0 Å². The summed E-state index contributed by atoms with van der Waals surface area (Å²) in [6, 6.07) is 7.97. The zero-order valence-corrected chi connectivity index (χ0v) is 18.6. The number of thioether (sulfide) groups is 1. The van der Waals surface area contributed by atoms with Crippen molar-refractivity contribution in [2.24, 2.45) is 0 Å². The highest BCUT2D eigenvalue weighted by Crippen LogP contribution is 2.31. The number of hydrogen-bond acceptors (Lipinski definition) is 9. The lowest BCUT2D eigenvalue weighted by atomic mass is 10.2. The van der Waals surface area contributed by atoms with E-state index in [0.29, 0.717) is 30.4 Å². The minimum absolute atomic E-state index is 0.0773. The van der Waals surface area contributed by atoms with Crippen LogP contribution in [0, 0.1) is 0 Å². The van der Waals surface area contributed by atoms with E-state index in [1.165, 1.54) is 41.7 Å². The summed E-state index contributed by atoms with van der Waals surface area (Å²) < 4.78 is 2.03. The third kappa shape index (κ3) is 4.43. The van der Waals surface area contributed by atoms with E-state index in [0.717, 1.165) is 25.1 Å².